The highest BCUT2D eigenvalue weighted by Gasteiger charge is 2.49. The maximum Gasteiger partial charge on any atom is 0.209 e. The second-order valence-corrected chi connectivity index (χ2v) is 9.73. The lowest BCUT2D eigenvalue weighted by atomic mass is 9.77. The topological polar surface area (TPSA) is 78.9 Å². The van der Waals surface area contributed by atoms with Crippen molar-refractivity contribution in [3.8, 4) is 0 Å². The third kappa shape index (κ3) is 4.07. The maximum absolute atomic E-state index is 11.6. The fourth-order valence-electron chi connectivity index (χ4n) is 4.39. The first kappa shape index (κ1) is 17.6. The lowest BCUT2D eigenvalue weighted by molar-refractivity contribution is -0.191. The largest absolute Gasteiger partial charge is 0.386 e. The number of nitrogens with one attached hydrogen (secondary N) is 1. The first-order valence-electron chi connectivity index (χ1n) is 8.77. The zero-order valence-electron chi connectivity index (χ0n) is 14.3. The summed E-state index contributed by atoms with van der Waals surface area (Å²) in [6, 6.07) is 0.244. The van der Waals surface area contributed by atoms with Crippen molar-refractivity contribution in [3.63, 3.8) is 0 Å². The molecule has 0 radical (unpaired) electrons. The van der Waals surface area contributed by atoms with E-state index in [-0.39, 0.29) is 12.2 Å². The Morgan fingerprint density at radius 2 is 1.83 bits per heavy atom. The van der Waals surface area contributed by atoms with Crippen molar-refractivity contribution < 1.29 is 18.3 Å². The number of piperidine rings is 1. The summed E-state index contributed by atoms with van der Waals surface area (Å²) in [5, 5.41) is 10.5. The van der Waals surface area contributed by atoms with Crippen molar-refractivity contribution in [2.75, 3.05) is 26.0 Å². The lowest BCUT2D eigenvalue weighted by Crippen LogP contribution is -2.64. The van der Waals surface area contributed by atoms with Gasteiger partial charge in [0.05, 0.1) is 24.5 Å². The summed E-state index contributed by atoms with van der Waals surface area (Å²) in [5.74, 6) is 0. The summed E-state index contributed by atoms with van der Waals surface area (Å²) >= 11 is 0. The lowest BCUT2D eigenvalue weighted by Gasteiger charge is -2.51. The summed E-state index contributed by atoms with van der Waals surface area (Å²) < 4.78 is 31.9. The van der Waals surface area contributed by atoms with Crippen LogP contribution in [0.4, 0.5) is 0 Å². The van der Waals surface area contributed by atoms with Gasteiger partial charge in [-0.2, -0.15) is 0 Å². The van der Waals surface area contributed by atoms with E-state index in [2.05, 4.69) is 9.62 Å². The molecule has 0 aromatic rings. The molecule has 134 valence electrons. The Labute approximate surface area is 139 Å². The zero-order chi connectivity index (χ0) is 16.7. The first-order valence-corrected chi connectivity index (χ1v) is 10.7. The smallest absolute Gasteiger partial charge is 0.209 e. The van der Waals surface area contributed by atoms with Gasteiger partial charge in [0.1, 0.15) is 5.60 Å². The van der Waals surface area contributed by atoms with Crippen molar-refractivity contribution in [2.45, 2.75) is 75.2 Å². The summed E-state index contributed by atoms with van der Waals surface area (Å²) in [6.07, 6.45) is 8.82. The van der Waals surface area contributed by atoms with Crippen molar-refractivity contribution in [1.29, 1.82) is 0 Å². The molecule has 2 saturated heterocycles. The van der Waals surface area contributed by atoms with E-state index in [1.165, 1.54) is 25.7 Å². The second kappa shape index (κ2) is 6.26. The van der Waals surface area contributed by atoms with Gasteiger partial charge in [-0.3, -0.25) is 0 Å². The van der Waals surface area contributed by atoms with Crippen LogP contribution in [0.1, 0.15) is 51.9 Å². The molecule has 0 bridgehead atoms. The molecule has 2 aliphatic heterocycles. The van der Waals surface area contributed by atoms with E-state index in [0.717, 1.165) is 38.2 Å². The quantitative estimate of drug-likeness (QED) is 0.792. The van der Waals surface area contributed by atoms with Crippen LogP contribution in [0, 0.1) is 0 Å². The number of aliphatic hydroxyl groups is 1. The molecular formula is C16H30N2O4S. The molecular weight excluding hydrogens is 316 g/mol. The summed E-state index contributed by atoms with van der Waals surface area (Å²) in [5.41, 5.74) is -1.45. The number of hydrogen-bond donors (Lipinski definition) is 2. The van der Waals surface area contributed by atoms with Crippen LogP contribution in [0.5, 0.6) is 0 Å². The Hall–Kier alpha value is -0.210. The number of sulfonamides is 1. The van der Waals surface area contributed by atoms with Crippen molar-refractivity contribution >= 4 is 10.0 Å². The van der Waals surface area contributed by atoms with E-state index in [4.69, 9.17) is 4.74 Å². The molecule has 1 saturated carbocycles. The van der Waals surface area contributed by atoms with E-state index < -0.39 is 21.7 Å². The van der Waals surface area contributed by atoms with E-state index in [9.17, 15) is 13.5 Å². The molecule has 2 heterocycles. The van der Waals surface area contributed by atoms with Crippen LogP contribution in [-0.2, 0) is 14.8 Å². The van der Waals surface area contributed by atoms with Crippen LogP contribution in [0.3, 0.4) is 0 Å². The van der Waals surface area contributed by atoms with Gasteiger partial charge < -0.3 is 14.7 Å². The molecule has 1 spiro atoms. The van der Waals surface area contributed by atoms with Gasteiger partial charge in [-0.1, -0.05) is 12.8 Å². The van der Waals surface area contributed by atoms with Crippen molar-refractivity contribution in [2.24, 2.45) is 0 Å². The maximum atomic E-state index is 11.6. The van der Waals surface area contributed by atoms with Crippen LogP contribution < -0.4 is 4.72 Å². The summed E-state index contributed by atoms with van der Waals surface area (Å²) in [4.78, 5) is 2.58. The number of ether oxygens (including phenoxy) is 1. The minimum absolute atomic E-state index is 0.184. The van der Waals surface area contributed by atoms with Crippen molar-refractivity contribution in [1.82, 2.24) is 9.62 Å². The van der Waals surface area contributed by atoms with Gasteiger partial charge in [-0.05, 0) is 39.0 Å². The van der Waals surface area contributed by atoms with E-state index in [1.54, 1.807) is 6.92 Å². The minimum Gasteiger partial charge on any atom is -0.386 e. The number of nitrogens with zero attached hydrogens (tertiary/aromatic N) is 1. The molecule has 0 amide bonds. The summed E-state index contributed by atoms with van der Waals surface area (Å²) in [6.45, 7) is 3.86. The Bertz CT molecular complexity index is 520. The number of hydrogen-bond acceptors (Lipinski definition) is 5. The van der Waals surface area contributed by atoms with Crippen LogP contribution in [0.15, 0.2) is 0 Å². The van der Waals surface area contributed by atoms with Gasteiger partial charge in [0.2, 0.25) is 10.0 Å². The van der Waals surface area contributed by atoms with Crippen LogP contribution in [-0.4, -0.2) is 67.7 Å². The third-order valence-corrected chi connectivity index (χ3v) is 6.62. The molecule has 0 aromatic heterocycles. The average Bonchev–Trinajstić information content (AvgIpc) is 2.97. The molecule has 3 rings (SSSR count). The molecule has 3 fully saturated rings. The van der Waals surface area contributed by atoms with Crippen LogP contribution >= 0.6 is 0 Å². The highest BCUT2D eigenvalue weighted by molar-refractivity contribution is 7.88. The fraction of sp³-hybridized carbons (Fsp3) is 1.00. The number of rotatable bonds is 3. The molecule has 23 heavy (non-hydrogen) atoms. The molecule has 7 heteroatoms. The fourth-order valence-corrected chi connectivity index (χ4v) is 5.25. The van der Waals surface area contributed by atoms with Crippen LogP contribution in [0.25, 0.3) is 0 Å². The van der Waals surface area contributed by atoms with Gasteiger partial charge in [-0.15, -0.1) is 0 Å². The Morgan fingerprint density at radius 3 is 2.39 bits per heavy atom. The number of likely N-dealkylation sites (tertiary alicyclic amines) is 1. The molecule has 0 unspecified atom stereocenters. The molecule has 6 nitrogen and oxygen atoms in total. The molecule has 2 N–H and O–H groups in total. The van der Waals surface area contributed by atoms with E-state index in [1.807, 2.05) is 0 Å². The SMILES string of the molecule is C[C@]1(O)COC2(CCN(C3CCCC3)CC2)C[C@@H]1NS(C)(=O)=O. The van der Waals surface area contributed by atoms with Crippen molar-refractivity contribution in [3.05, 3.63) is 0 Å². The zero-order valence-corrected chi connectivity index (χ0v) is 15.1. The van der Waals surface area contributed by atoms with Gasteiger partial charge in [0.25, 0.3) is 0 Å². The monoisotopic (exact) mass is 346 g/mol. The van der Waals surface area contributed by atoms with Crippen LogP contribution in [0.2, 0.25) is 0 Å². The van der Waals surface area contributed by atoms with Gasteiger partial charge in [-0.25, -0.2) is 13.1 Å². The second-order valence-electron chi connectivity index (χ2n) is 7.95. The highest BCUT2D eigenvalue weighted by Crippen LogP contribution is 2.40. The Balaban J connectivity index is 1.64. The third-order valence-electron chi connectivity index (χ3n) is 5.90. The van der Waals surface area contributed by atoms with E-state index >= 15 is 0 Å². The minimum atomic E-state index is -3.35. The predicted octanol–water partition coefficient (Wildman–Crippen LogP) is 0.853. The summed E-state index contributed by atoms with van der Waals surface area (Å²) in [7, 11) is -3.35. The normalized spacial score (nSPS) is 36.6. The van der Waals surface area contributed by atoms with Gasteiger partial charge >= 0.3 is 0 Å². The standard InChI is InChI=1S/C16H30N2O4S/c1-15(19)12-22-16(11-14(15)17-23(2,20)21)7-9-18(10-8-16)13-5-3-4-6-13/h13-14,17,19H,3-12H2,1-2H3/t14-,15-/m0/s1. The molecule has 0 aromatic carbocycles. The van der Waals surface area contributed by atoms with Gasteiger partial charge in [0, 0.05) is 19.1 Å². The van der Waals surface area contributed by atoms with E-state index in [0.29, 0.717) is 6.42 Å². The first-order chi connectivity index (χ1) is 10.7. The molecule has 1 aliphatic carbocycles. The Morgan fingerprint density at radius 1 is 1.22 bits per heavy atom. The van der Waals surface area contributed by atoms with Gasteiger partial charge in [0.15, 0.2) is 0 Å². The molecule has 2 atom stereocenters. The average molecular weight is 346 g/mol. The molecule has 3 aliphatic rings. The Kier molecular flexibility index (Phi) is 4.79. The predicted molar refractivity (Wildman–Crippen MR) is 88.8 cm³/mol. The highest BCUT2D eigenvalue weighted by atomic mass is 32.2.